The minimum atomic E-state index is -0.0905. The van der Waals surface area contributed by atoms with Gasteiger partial charge in [0.25, 0.3) is 0 Å². The van der Waals surface area contributed by atoms with Crippen molar-refractivity contribution in [3.8, 4) is 23.0 Å². The second-order valence-electron chi connectivity index (χ2n) is 8.90. The van der Waals surface area contributed by atoms with Gasteiger partial charge in [-0.05, 0) is 55.7 Å². The molecule has 0 unspecified atom stereocenters. The number of ether oxygens (including phenoxy) is 3. The van der Waals surface area contributed by atoms with E-state index in [-0.39, 0.29) is 18.3 Å². The third-order valence-corrected chi connectivity index (χ3v) is 6.34. The van der Waals surface area contributed by atoms with Crippen LogP contribution in [0.25, 0.3) is 0 Å². The number of piperazine rings is 1. The minimum Gasteiger partial charge on any atom is -0.507 e. The number of nitrogens with zero attached hydrogens (tertiary/aromatic N) is 2. The molecule has 0 radical (unpaired) electrons. The van der Waals surface area contributed by atoms with Crippen LogP contribution in [0.1, 0.15) is 40.9 Å². The van der Waals surface area contributed by atoms with Crippen molar-refractivity contribution in [2.75, 3.05) is 33.0 Å². The van der Waals surface area contributed by atoms with Gasteiger partial charge in [-0.2, -0.15) is 0 Å². The normalized spacial score (nSPS) is 18.1. The Morgan fingerprint density at radius 3 is 2.41 bits per heavy atom. The molecule has 1 N–H and O–H groups in total. The lowest BCUT2D eigenvalue weighted by molar-refractivity contribution is 0.101. The zero-order valence-corrected chi connectivity index (χ0v) is 18.7. The lowest BCUT2D eigenvalue weighted by atomic mass is 9.98. The summed E-state index contributed by atoms with van der Waals surface area (Å²) in [5.74, 6) is 2.62. The van der Waals surface area contributed by atoms with E-state index in [2.05, 4.69) is 21.9 Å². The molecule has 168 valence electrons. The number of fused-ring (bicyclic) bond motifs is 2. The van der Waals surface area contributed by atoms with Gasteiger partial charge in [0.2, 0.25) is 12.6 Å². The molecule has 2 aromatic carbocycles. The van der Waals surface area contributed by atoms with Gasteiger partial charge in [-0.3, -0.25) is 14.6 Å². The standard InChI is InChI=1S/C25H28N2O5/c1-15(2)24-23(29)22-16(3)10-19(28)18(25(22)32-24)13-27-8-6-26(7-9-27)12-17-4-5-20-21(11-17)31-14-30-20/h4-5,10-11,28H,6-9,12-14H2,1-3H3. The number of rotatable bonds is 4. The topological polar surface area (TPSA) is 71.5 Å². The van der Waals surface area contributed by atoms with Crippen LogP contribution < -0.4 is 14.2 Å². The van der Waals surface area contributed by atoms with Crippen LogP contribution in [0.4, 0.5) is 0 Å². The molecule has 1 fully saturated rings. The largest absolute Gasteiger partial charge is 0.507 e. The molecule has 32 heavy (non-hydrogen) atoms. The smallest absolute Gasteiger partial charge is 0.232 e. The fraction of sp³-hybridized carbons (Fsp3) is 0.400. The number of aromatic hydroxyl groups is 1. The Morgan fingerprint density at radius 2 is 1.69 bits per heavy atom. The Labute approximate surface area is 187 Å². The maximum Gasteiger partial charge on any atom is 0.232 e. The number of Topliss-reactive ketones (excluding diaryl/α,β-unsaturated/α-hetero) is 1. The van der Waals surface area contributed by atoms with E-state index in [1.807, 2.05) is 26.8 Å². The van der Waals surface area contributed by atoms with Gasteiger partial charge < -0.3 is 19.3 Å². The fourth-order valence-electron chi connectivity index (χ4n) is 4.58. The van der Waals surface area contributed by atoms with E-state index in [9.17, 15) is 9.90 Å². The molecular weight excluding hydrogens is 408 g/mol. The summed E-state index contributed by atoms with van der Waals surface area (Å²) in [7, 11) is 0. The summed E-state index contributed by atoms with van der Waals surface area (Å²) in [6.45, 7) is 10.9. The summed E-state index contributed by atoms with van der Waals surface area (Å²) in [4.78, 5) is 17.5. The molecule has 0 aromatic heterocycles. The van der Waals surface area contributed by atoms with Crippen molar-refractivity contribution >= 4 is 5.78 Å². The Balaban J connectivity index is 1.26. The van der Waals surface area contributed by atoms with Crippen LogP contribution in [0.2, 0.25) is 0 Å². The lowest BCUT2D eigenvalue weighted by Gasteiger charge is -2.35. The SMILES string of the molecule is CC(C)=C1Oc2c(CN3CCN(Cc4ccc5c(c4)OCO5)CC3)c(O)cc(C)c2C1=O. The van der Waals surface area contributed by atoms with Gasteiger partial charge in [0.15, 0.2) is 17.3 Å². The molecule has 0 spiro atoms. The third-order valence-electron chi connectivity index (χ3n) is 6.34. The summed E-state index contributed by atoms with van der Waals surface area (Å²) in [6.07, 6.45) is 0. The van der Waals surface area contributed by atoms with Gasteiger partial charge in [-0.1, -0.05) is 6.07 Å². The van der Waals surface area contributed by atoms with Gasteiger partial charge in [-0.25, -0.2) is 0 Å². The van der Waals surface area contributed by atoms with E-state index in [1.54, 1.807) is 6.07 Å². The highest BCUT2D eigenvalue weighted by Gasteiger charge is 2.34. The van der Waals surface area contributed by atoms with Crippen LogP contribution in [0.3, 0.4) is 0 Å². The van der Waals surface area contributed by atoms with Gasteiger partial charge in [-0.15, -0.1) is 0 Å². The van der Waals surface area contributed by atoms with E-state index in [0.29, 0.717) is 29.2 Å². The molecule has 2 aromatic rings. The van der Waals surface area contributed by atoms with Gasteiger partial charge in [0, 0.05) is 39.3 Å². The van der Waals surface area contributed by atoms with Crippen LogP contribution in [0, 0.1) is 6.92 Å². The maximum atomic E-state index is 12.8. The predicted octanol–water partition coefficient (Wildman–Crippen LogP) is 3.62. The zero-order valence-electron chi connectivity index (χ0n) is 18.7. The molecule has 3 aliphatic heterocycles. The van der Waals surface area contributed by atoms with E-state index in [1.165, 1.54) is 5.56 Å². The number of phenols is 1. The highest BCUT2D eigenvalue weighted by Crippen LogP contribution is 2.42. The van der Waals surface area contributed by atoms with Crippen molar-refractivity contribution in [1.82, 2.24) is 9.80 Å². The number of allylic oxidation sites excluding steroid dienone is 2. The molecule has 1 saturated heterocycles. The first kappa shape index (κ1) is 20.8. The molecule has 5 rings (SSSR count). The number of benzene rings is 2. The van der Waals surface area contributed by atoms with E-state index in [4.69, 9.17) is 14.2 Å². The average molecular weight is 437 g/mol. The number of aryl methyl sites for hydroxylation is 1. The van der Waals surface area contributed by atoms with E-state index in [0.717, 1.165) is 55.4 Å². The highest BCUT2D eigenvalue weighted by atomic mass is 16.7. The van der Waals surface area contributed by atoms with Crippen LogP contribution in [0.5, 0.6) is 23.0 Å². The van der Waals surface area contributed by atoms with Crippen molar-refractivity contribution in [2.45, 2.75) is 33.9 Å². The molecule has 0 saturated carbocycles. The molecule has 0 amide bonds. The first-order chi connectivity index (χ1) is 15.4. The van der Waals surface area contributed by atoms with Crippen molar-refractivity contribution in [3.05, 3.63) is 57.9 Å². The number of carbonyl (C=O) groups excluding carboxylic acids is 1. The Bertz CT molecular complexity index is 1110. The first-order valence-electron chi connectivity index (χ1n) is 11.0. The lowest BCUT2D eigenvalue weighted by Crippen LogP contribution is -2.45. The van der Waals surface area contributed by atoms with Crippen molar-refractivity contribution in [2.24, 2.45) is 0 Å². The third kappa shape index (κ3) is 3.72. The summed E-state index contributed by atoms with van der Waals surface area (Å²) in [5, 5.41) is 10.7. The number of phenolic OH excluding ortho intramolecular Hbond substituents is 1. The second kappa shape index (κ2) is 8.15. The zero-order chi connectivity index (χ0) is 22.4. The quantitative estimate of drug-likeness (QED) is 0.734. The molecule has 0 bridgehead atoms. The summed E-state index contributed by atoms with van der Waals surface area (Å²) < 4.78 is 16.8. The summed E-state index contributed by atoms with van der Waals surface area (Å²) in [6, 6.07) is 7.79. The molecule has 0 atom stereocenters. The molecule has 7 nitrogen and oxygen atoms in total. The maximum absolute atomic E-state index is 12.8. The molecule has 0 aliphatic carbocycles. The second-order valence-corrected chi connectivity index (χ2v) is 8.90. The Kier molecular flexibility index (Phi) is 5.31. The fourth-order valence-corrected chi connectivity index (χ4v) is 4.58. The van der Waals surface area contributed by atoms with Crippen molar-refractivity contribution in [1.29, 1.82) is 0 Å². The molecule has 3 aliphatic rings. The Hall–Kier alpha value is -3.03. The minimum absolute atomic E-state index is 0.0905. The summed E-state index contributed by atoms with van der Waals surface area (Å²) in [5.41, 5.74) is 4.07. The first-order valence-corrected chi connectivity index (χ1v) is 11.0. The number of hydrogen-bond donors (Lipinski definition) is 1. The average Bonchev–Trinajstić information content (AvgIpc) is 3.36. The molecule has 3 heterocycles. The van der Waals surface area contributed by atoms with Gasteiger partial charge in [0.05, 0.1) is 11.1 Å². The predicted molar refractivity (Wildman–Crippen MR) is 119 cm³/mol. The van der Waals surface area contributed by atoms with Crippen LogP contribution in [-0.2, 0) is 13.1 Å². The van der Waals surface area contributed by atoms with Crippen LogP contribution >= 0.6 is 0 Å². The molecule has 7 heteroatoms. The number of carbonyl (C=O) groups is 1. The number of hydrogen-bond acceptors (Lipinski definition) is 7. The van der Waals surface area contributed by atoms with Gasteiger partial charge >= 0.3 is 0 Å². The van der Waals surface area contributed by atoms with Crippen LogP contribution in [-0.4, -0.2) is 53.7 Å². The monoisotopic (exact) mass is 436 g/mol. The van der Waals surface area contributed by atoms with Crippen LogP contribution in [0.15, 0.2) is 35.6 Å². The van der Waals surface area contributed by atoms with Gasteiger partial charge in [0.1, 0.15) is 11.5 Å². The molecular formula is C25H28N2O5. The Morgan fingerprint density at radius 1 is 1.00 bits per heavy atom. The van der Waals surface area contributed by atoms with E-state index >= 15 is 0 Å². The number of ketones is 1. The highest BCUT2D eigenvalue weighted by molar-refractivity contribution is 6.14. The van der Waals surface area contributed by atoms with E-state index < -0.39 is 0 Å². The van der Waals surface area contributed by atoms with Crippen molar-refractivity contribution in [3.63, 3.8) is 0 Å². The summed E-state index contributed by atoms with van der Waals surface area (Å²) >= 11 is 0. The van der Waals surface area contributed by atoms with Crippen molar-refractivity contribution < 1.29 is 24.1 Å².